The minimum absolute atomic E-state index is 0.0530. The highest BCUT2D eigenvalue weighted by Crippen LogP contribution is 2.25. The van der Waals surface area contributed by atoms with Gasteiger partial charge in [-0.2, -0.15) is 0 Å². The third-order valence-electron chi connectivity index (χ3n) is 3.53. The molecule has 2 amide bonds. The van der Waals surface area contributed by atoms with Crippen LogP contribution in [-0.2, 0) is 9.47 Å². The largest absolute Gasteiger partial charge is 0.444 e. The number of ether oxygens (including phenoxy) is 2. The van der Waals surface area contributed by atoms with Crippen molar-refractivity contribution < 1.29 is 19.1 Å². The molecule has 0 aromatic carbocycles. The maximum absolute atomic E-state index is 12.1. The van der Waals surface area contributed by atoms with Gasteiger partial charge in [-0.1, -0.05) is 0 Å². The fourth-order valence-corrected chi connectivity index (χ4v) is 2.98. The van der Waals surface area contributed by atoms with Gasteiger partial charge in [0.05, 0.1) is 3.58 Å². The molecule has 8 heteroatoms. The average molecular weight is 479 g/mol. The number of carbonyl (C=O) groups excluding carboxylic acids is 2. The Bertz CT molecular complexity index is 568. The van der Waals surface area contributed by atoms with Gasteiger partial charge in [0.25, 0.3) is 0 Å². The van der Waals surface area contributed by atoms with Crippen molar-refractivity contribution in [2.45, 2.75) is 65.6 Å². The number of carbonyl (C=O) groups is 2. The number of allylic oxidation sites excluding steroid dienone is 1. The van der Waals surface area contributed by atoms with Crippen LogP contribution in [0.4, 0.5) is 9.59 Å². The topological polar surface area (TPSA) is 91.7 Å². The predicted octanol–water partition coefficient (Wildman–Crippen LogP) is 4.45. The van der Waals surface area contributed by atoms with Gasteiger partial charge in [0.2, 0.25) is 0 Å². The van der Waals surface area contributed by atoms with Gasteiger partial charge >= 0.3 is 12.2 Å². The van der Waals surface area contributed by atoms with E-state index in [1.54, 1.807) is 25.7 Å². The van der Waals surface area contributed by atoms with Crippen LogP contribution in [0.2, 0.25) is 0 Å². The fourth-order valence-electron chi connectivity index (χ4n) is 2.38. The number of hydrogen-bond donors (Lipinski definition) is 2. The number of rotatable bonds is 3. The summed E-state index contributed by atoms with van der Waals surface area (Å²) in [6.07, 6.45) is 2.05. The van der Waals surface area contributed by atoms with E-state index in [0.717, 1.165) is 0 Å². The van der Waals surface area contributed by atoms with Gasteiger partial charge in [-0.25, -0.2) is 9.59 Å². The summed E-state index contributed by atoms with van der Waals surface area (Å²) in [6, 6.07) is 0. The summed E-state index contributed by atoms with van der Waals surface area (Å²) in [4.78, 5) is 25.5. The van der Waals surface area contributed by atoms with Crippen molar-refractivity contribution in [2.75, 3.05) is 13.1 Å². The Kier molecular flexibility index (Phi) is 7.91. The summed E-state index contributed by atoms with van der Waals surface area (Å²) < 4.78 is 11.2. The molecule has 1 aliphatic rings. The number of likely N-dealkylation sites (tertiary alicyclic amines) is 1. The second-order valence-corrected chi connectivity index (χ2v) is 9.46. The van der Waals surface area contributed by atoms with E-state index in [4.69, 9.17) is 14.9 Å². The molecule has 1 heterocycles. The SMILES string of the molecule is CC(C)(C)OC(=O)N/C=C(/I)C(=N)C1CCN(C(=O)OC(C)(C)C)CC1. The van der Waals surface area contributed by atoms with Crippen LogP contribution in [0.5, 0.6) is 0 Å². The Labute approximate surface area is 169 Å². The van der Waals surface area contributed by atoms with Gasteiger partial charge in [0, 0.05) is 30.9 Å². The number of nitrogens with zero attached hydrogens (tertiary/aromatic N) is 1. The van der Waals surface area contributed by atoms with Gasteiger partial charge in [0.1, 0.15) is 11.2 Å². The molecule has 1 saturated heterocycles. The van der Waals surface area contributed by atoms with E-state index in [2.05, 4.69) is 5.32 Å². The molecule has 26 heavy (non-hydrogen) atoms. The molecule has 0 aromatic rings. The number of amides is 2. The van der Waals surface area contributed by atoms with Crippen LogP contribution in [0.3, 0.4) is 0 Å². The summed E-state index contributed by atoms with van der Waals surface area (Å²) in [7, 11) is 0. The lowest BCUT2D eigenvalue weighted by Gasteiger charge is -2.33. The van der Waals surface area contributed by atoms with Crippen molar-refractivity contribution in [3.8, 4) is 0 Å². The number of alkyl carbamates (subject to hydrolysis) is 1. The molecule has 0 aliphatic carbocycles. The quantitative estimate of drug-likeness (QED) is 0.462. The lowest BCUT2D eigenvalue weighted by molar-refractivity contribution is 0.0201. The molecule has 1 fully saturated rings. The molecule has 148 valence electrons. The van der Waals surface area contributed by atoms with Crippen LogP contribution in [0, 0.1) is 11.3 Å². The first-order valence-corrected chi connectivity index (χ1v) is 9.78. The molecule has 0 unspecified atom stereocenters. The van der Waals surface area contributed by atoms with E-state index in [1.807, 2.05) is 43.4 Å². The molecule has 1 aliphatic heterocycles. The van der Waals surface area contributed by atoms with E-state index >= 15 is 0 Å². The average Bonchev–Trinajstić information content (AvgIpc) is 2.48. The molecule has 0 spiro atoms. The van der Waals surface area contributed by atoms with Crippen LogP contribution in [-0.4, -0.2) is 47.1 Å². The lowest BCUT2D eigenvalue weighted by atomic mass is 9.92. The van der Waals surface area contributed by atoms with Crippen molar-refractivity contribution in [1.82, 2.24) is 10.2 Å². The number of piperidine rings is 1. The van der Waals surface area contributed by atoms with Crippen molar-refractivity contribution in [3.63, 3.8) is 0 Å². The van der Waals surface area contributed by atoms with Crippen molar-refractivity contribution in [1.29, 1.82) is 5.41 Å². The highest BCUT2D eigenvalue weighted by atomic mass is 127. The third kappa shape index (κ3) is 8.37. The summed E-state index contributed by atoms with van der Waals surface area (Å²) in [5.74, 6) is 0.0530. The Hall–Kier alpha value is -1.32. The minimum Gasteiger partial charge on any atom is -0.444 e. The van der Waals surface area contributed by atoms with Crippen LogP contribution >= 0.6 is 22.6 Å². The smallest absolute Gasteiger partial charge is 0.411 e. The second kappa shape index (κ2) is 9.05. The molecule has 0 aromatic heterocycles. The Morgan fingerprint density at radius 3 is 2.04 bits per heavy atom. The van der Waals surface area contributed by atoms with E-state index in [9.17, 15) is 9.59 Å². The molecule has 2 N–H and O–H groups in total. The molecular weight excluding hydrogens is 449 g/mol. The summed E-state index contributed by atoms with van der Waals surface area (Å²) in [5.41, 5.74) is -0.609. The Morgan fingerprint density at radius 2 is 1.58 bits per heavy atom. The maximum atomic E-state index is 12.1. The molecule has 1 rings (SSSR count). The van der Waals surface area contributed by atoms with Gasteiger partial charge in [-0.05, 0) is 77.0 Å². The number of nitrogens with one attached hydrogen (secondary N) is 2. The molecule has 0 bridgehead atoms. The Morgan fingerprint density at radius 1 is 1.08 bits per heavy atom. The van der Waals surface area contributed by atoms with Gasteiger partial charge in [0.15, 0.2) is 0 Å². The van der Waals surface area contributed by atoms with Crippen LogP contribution in [0.15, 0.2) is 9.78 Å². The van der Waals surface area contributed by atoms with Crippen LogP contribution in [0.25, 0.3) is 0 Å². The first-order chi connectivity index (χ1) is 11.8. The van der Waals surface area contributed by atoms with Gasteiger partial charge in [-0.3, -0.25) is 5.32 Å². The zero-order valence-electron chi connectivity index (χ0n) is 16.4. The number of hydrogen-bond acceptors (Lipinski definition) is 5. The summed E-state index contributed by atoms with van der Waals surface area (Å²) >= 11 is 2.04. The summed E-state index contributed by atoms with van der Waals surface area (Å²) in [6.45, 7) is 12.0. The molecular formula is C18H30IN3O4. The third-order valence-corrected chi connectivity index (χ3v) is 4.42. The van der Waals surface area contributed by atoms with Gasteiger partial charge < -0.3 is 19.8 Å². The first-order valence-electron chi connectivity index (χ1n) is 8.70. The maximum Gasteiger partial charge on any atom is 0.411 e. The van der Waals surface area contributed by atoms with Crippen molar-refractivity contribution in [2.24, 2.45) is 5.92 Å². The van der Waals surface area contributed by atoms with Crippen molar-refractivity contribution >= 4 is 40.5 Å². The lowest BCUT2D eigenvalue weighted by Crippen LogP contribution is -2.43. The Balaban J connectivity index is 2.51. The molecule has 0 atom stereocenters. The van der Waals surface area contributed by atoms with E-state index < -0.39 is 17.3 Å². The first kappa shape index (κ1) is 22.7. The van der Waals surface area contributed by atoms with Crippen LogP contribution < -0.4 is 5.32 Å². The normalized spacial score (nSPS) is 16.9. The molecule has 0 saturated carbocycles. The highest BCUT2D eigenvalue weighted by molar-refractivity contribution is 14.1. The van der Waals surface area contributed by atoms with E-state index in [0.29, 0.717) is 35.2 Å². The van der Waals surface area contributed by atoms with Crippen LogP contribution in [0.1, 0.15) is 54.4 Å². The standard InChI is InChI=1S/C18H30IN3O4/c1-17(2,3)25-15(23)21-11-13(19)14(20)12-7-9-22(10-8-12)16(24)26-18(4,5)6/h11-12,20H,7-10H2,1-6H3,(H,21,23)/b13-11+,20-14?. The fraction of sp³-hybridized carbons (Fsp3) is 0.722. The predicted molar refractivity (Wildman–Crippen MR) is 110 cm³/mol. The highest BCUT2D eigenvalue weighted by Gasteiger charge is 2.29. The van der Waals surface area contributed by atoms with E-state index in [-0.39, 0.29) is 12.0 Å². The molecule has 0 radical (unpaired) electrons. The molecule has 7 nitrogen and oxygen atoms in total. The zero-order valence-corrected chi connectivity index (χ0v) is 18.6. The van der Waals surface area contributed by atoms with Crippen molar-refractivity contribution in [3.05, 3.63) is 9.78 Å². The van der Waals surface area contributed by atoms with Gasteiger partial charge in [-0.15, -0.1) is 0 Å². The minimum atomic E-state index is -0.564. The summed E-state index contributed by atoms with van der Waals surface area (Å²) in [5, 5.41) is 10.9. The zero-order chi connectivity index (χ0) is 20.1. The van der Waals surface area contributed by atoms with E-state index in [1.165, 1.54) is 6.20 Å². The second-order valence-electron chi connectivity index (χ2n) is 8.29. The monoisotopic (exact) mass is 479 g/mol. The number of halogens is 1.